The van der Waals surface area contributed by atoms with Gasteiger partial charge in [0.15, 0.2) is 5.65 Å². The average Bonchev–Trinajstić information content (AvgIpc) is 3.09. The number of hydrogen-bond acceptors (Lipinski definition) is 4. The van der Waals surface area contributed by atoms with Gasteiger partial charge >= 0.3 is 0 Å². The maximum absolute atomic E-state index is 12.7. The van der Waals surface area contributed by atoms with Crippen LogP contribution >= 0.6 is 0 Å². The molecule has 0 fully saturated rings. The number of carbonyl (C=O) groups excluding carboxylic acids is 1. The Labute approximate surface area is 151 Å². The molecule has 0 bridgehead atoms. The minimum absolute atomic E-state index is 0.00170. The van der Waals surface area contributed by atoms with Crippen LogP contribution in [-0.2, 0) is 11.3 Å². The molecule has 0 saturated carbocycles. The monoisotopic (exact) mass is 353 g/mol. The standard InChI is InChI=1S/C19H23N5O2/c1-3-10-22(11-4-2)17(25)13-23-14-20-18-16(19(23)26)12-21-24(18)15-8-6-5-7-9-15/h5-9,12,14H,3-4,10-11,13H2,1-2H3. The lowest BCUT2D eigenvalue weighted by molar-refractivity contribution is -0.132. The summed E-state index contributed by atoms with van der Waals surface area (Å²) in [5, 5.41) is 4.69. The summed E-state index contributed by atoms with van der Waals surface area (Å²) < 4.78 is 2.99. The van der Waals surface area contributed by atoms with Crippen LogP contribution < -0.4 is 5.56 Å². The summed E-state index contributed by atoms with van der Waals surface area (Å²) in [4.78, 5) is 31.4. The molecule has 0 aliphatic heterocycles. The predicted octanol–water partition coefficient (Wildman–Crippen LogP) is 2.23. The van der Waals surface area contributed by atoms with Crippen molar-refractivity contribution in [2.75, 3.05) is 13.1 Å². The van der Waals surface area contributed by atoms with Gasteiger partial charge in [-0.05, 0) is 25.0 Å². The first-order chi connectivity index (χ1) is 12.7. The van der Waals surface area contributed by atoms with Crippen LogP contribution in [0.1, 0.15) is 26.7 Å². The normalized spacial score (nSPS) is 11.0. The molecule has 136 valence electrons. The van der Waals surface area contributed by atoms with Gasteiger partial charge in [-0.25, -0.2) is 9.67 Å². The highest BCUT2D eigenvalue weighted by molar-refractivity contribution is 5.78. The lowest BCUT2D eigenvalue weighted by Crippen LogP contribution is -2.37. The number of carbonyl (C=O) groups is 1. The minimum atomic E-state index is -0.251. The number of rotatable bonds is 7. The van der Waals surface area contributed by atoms with Crippen LogP contribution in [0.3, 0.4) is 0 Å². The fourth-order valence-electron chi connectivity index (χ4n) is 2.97. The van der Waals surface area contributed by atoms with Crippen LogP contribution in [0.15, 0.2) is 47.7 Å². The Hall–Kier alpha value is -2.96. The zero-order chi connectivity index (χ0) is 18.5. The molecule has 0 spiro atoms. The number of nitrogens with zero attached hydrogens (tertiary/aromatic N) is 5. The van der Waals surface area contributed by atoms with Gasteiger partial charge < -0.3 is 4.90 Å². The molecule has 7 heteroatoms. The molecule has 3 rings (SSSR count). The molecule has 2 aromatic heterocycles. The molecule has 0 N–H and O–H groups in total. The van der Waals surface area contributed by atoms with E-state index in [1.54, 1.807) is 9.58 Å². The SMILES string of the molecule is CCCN(CCC)C(=O)Cn1cnc2c(cnn2-c2ccccc2)c1=O. The van der Waals surface area contributed by atoms with Gasteiger partial charge in [0.25, 0.3) is 5.56 Å². The van der Waals surface area contributed by atoms with Gasteiger partial charge in [0.05, 0.1) is 11.9 Å². The zero-order valence-corrected chi connectivity index (χ0v) is 15.1. The smallest absolute Gasteiger partial charge is 0.264 e. The van der Waals surface area contributed by atoms with Crippen LogP contribution in [0.25, 0.3) is 16.7 Å². The molecule has 1 aromatic carbocycles. The molecule has 0 atom stereocenters. The lowest BCUT2D eigenvalue weighted by atomic mass is 10.3. The van der Waals surface area contributed by atoms with E-state index in [1.807, 2.05) is 44.2 Å². The summed E-state index contributed by atoms with van der Waals surface area (Å²) in [6.07, 6.45) is 4.72. The first-order valence-electron chi connectivity index (χ1n) is 8.92. The minimum Gasteiger partial charge on any atom is -0.341 e. The highest BCUT2D eigenvalue weighted by atomic mass is 16.2. The third kappa shape index (κ3) is 3.51. The molecule has 1 amide bonds. The van der Waals surface area contributed by atoms with Crippen molar-refractivity contribution in [1.29, 1.82) is 0 Å². The van der Waals surface area contributed by atoms with E-state index in [1.165, 1.54) is 17.1 Å². The zero-order valence-electron chi connectivity index (χ0n) is 15.1. The number of benzene rings is 1. The highest BCUT2D eigenvalue weighted by Crippen LogP contribution is 2.13. The van der Waals surface area contributed by atoms with Crippen molar-refractivity contribution in [2.24, 2.45) is 0 Å². The lowest BCUT2D eigenvalue weighted by Gasteiger charge is -2.21. The molecule has 0 aliphatic carbocycles. The first-order valence-corrected chi connectivity index (χ1v) is 8.92. The number of para-hydroxylation sites is 1. The van der Waals surface area contributed by atoms with Crippen LogP contribution in [0.4, 0.5) is 0 Å². The summed E-state index contributed by atoms with van der Waals surface area (Å²) >= 11 is 0. The Balaban J connectivity index is 1.91. The quantitative estimate of drug-likeness (QED) is 0.653. The molecule has 2 heterocycles. The highest BCUT2D eigenvalue weighted by Gasteiger charge is 2.16. The van der Waals surface area contributed by atoms with Crippen molar-refractivity contribution >= 4 is 16.9 Å². The Morgan fingerprint density at radius 2 is 1.81 bits per heavy atom. The predicted molar refractivity (Wildman–Crippen MR) is 100 cm³/mol. The van der Waals surface area contributed by atoms with Crippen molar-refractivity contribution in [3.05, 3.63) is 53.2 Å². The molecule has 0 saturated heterocycles. The third-order valence-electron chi connectivity index (χ3n) is 4.20. The summed E-state index contributed by atoms with van der Waals surface area (Å²) in [5.41, 5.74) is 1.07. The summed E-state index contributed by atoms with van der Waals surface area (Å²) in [7, 11) is 0. The summed E-state index contributed by atoms with van der Waals surface area (Å²) in [5.74, 6) is -0.0626. The Morgan fingerprint density at radius 3 is 2.46 bits per heavy atom. The molecular formula is C19H23N5O2. The van der Waals surface area contributed by atoms with E-state index in [9.17, 15) is 9.59 Å². The van der Waals surface area contributed by atoms with E-state index in [0.29, 0.717) is 24.1 Å². The summed E-state index contributed by atoms with van der Waals surface area (Å²) in [6, 6.07) is 9.52. The molecule has 0 radical (unpaired) electrons. The largest absolute Gasteiger partial charge is 0.341 e. The van der Waals surface area contributed by atoms with Gasteiger partial charge in [-0.2, -0.15) is 5.10 Å². The van der Waals surface area contributed by atoms with Crippen molar-refractivity contribution < 1.29 is 4.79 Å². The Kier molecular flexibility index (Phi) is 5.46. The van der Waals surface area contributed by atoms with E-state index in [2.05, 4.69) is 10.1 Å². The van der Waals surface area contributed by atoms with Crippen molar-refractivity contribution in [3.63, 3.8) is 0 Å². The molecule has 7 nitrogen and oxygen atoms in total. The molecule has 3 aromatic rings. The van der Waals surface area contributed by atoms with E-state index >= 15 is 0 Å². The van der Waals surface area contributed by atoms with Gasteiger partial charge in [-0.15, -0.1) is 0 Å². The van der Waals surface area contributed by atoms with Crippen LogP contribution in [-0.4, -0.2) is 43.2 Å². The van der Waals surface area contributed by atoms with Gasteiger partial charge in [0.2, 0.25) is 5.91 Å². The van der Waals surface area contributed by atoms with E-state index < -0.39 is 0 Å². The van der Waals surface area contributed by atoms with Crippen LogP contribution in [0.2, 0.25) is 0 Å². The Bertz CT molecular complexity index is 939. The number of hydrogen-bond donors (Lipinski definition) is 0. The van der Waals surface area contributed by atoms with Crippen LogP contribution in [0.5, 0.6) is 0 Å². The third-order valence-corrected chi connectivity index (χ3v) is 4.20. The maximum Gasteiger partial charge on any atom is 0.264 e. The fourth-order valence-corrected chi connectivity index (χ4v) is 2.97. The second-order valence-corrected chi connectivity index (χ2v) is 6.19. The average molecular weight is 353 g/mol. The van der Waals surface area contributed by atoms with Gasteiger partial charge in [-0.3, -0.25) is 14.2 Å². The Morgan fingerprint density at radius 1 is 1.12 bits per heavy atom. The molecular weight excluding hydrogens is 330 g/mol. The van der Waals surface area contributed by atoms with Crippen molar-refractivity contribution in [2.45, 2.75) is 33.2 Å². The fraction of sp³-hybridized carbons (Fsp3) is 0.368. The van der Waals surface area contributed by atoms with E-state index in [-0.39, 0.29) is 18.0 Å². The van der Waals surface area contributed by atoms with Gasteiger partial charge in [0, 0.05) is 13.1 Å². The van der Waals surface area contributed by atoms with Gasteiger partial charge in [0.1, 0.15) is 18.3 Å². The van der Waals surface area contributed by atoms with Crippen molar-refractivity contribution in [1.82, 2.24) is 24.2 Å². The van der Waals surface area contributed by atoms with Gasteiger partial charge in [-0.1, -0.05) is 32.0 Å². The second kappa shape index (κ2) is 7.95. The number of fused-ring (bicyclic) bond motifs is 1. The first kappa shape index (κ1) is 17.8. The number of amides is 1. The molecule has 0 unspecified atom stereocenters. The second-order valence-electron chi connectivity index (χ2n) is 6.19. The maximum atomic E-state index is 12.7. The molecule has 26 heavy (non-hydrogen) atoms. The number of aromatic nitrogens is 4. The summed E-state index contributed by atoms with van der Waals surface area (Å²) in [6.45, 7) is 5.46. The van der Waals surface area contributed by atoms with Crippen molar-refractivity contribution in [3.8, 4) is 5.69 Å². The topological polar surface area (TPSA) is 73.0 Å². The van der Waals surface area contributed by atoms with Crippen LogP contribution in [0, 0.1) is 0 Å². The van der Waals surface area contributed by atoms with E-state index in [4.69, 9.17) is 0 Å². The molecule has 0 aliphatic rings. The van der Waals surface area contributed by atoms with E-state index in [0.717, 1.165) is 18.5 Å².